The van der Waals surface area contributed by atoms with E-state index in [1.54, 1.807) is 4.88 Å². The van der Waals surface area contributed by atoms with Gasteiger partial charge in [-0.1, -0.05) is 6.92 Å². The fourth-order valence-corrected chi connectivity index (χ4v) is 4.74. The Bertz CT molecular complexity index is 423. The molecule has 0 aromatic carbocycles. The van der Waals surface area contributed by atoms with Gasteiger partial charge >= 0.3 is 0 Å². The maximum Gasteiger partial charge on any atom is 0.115 e. The molecule has 1 aliphatic heterocycles. The summed E-state index contributed by atoms with van der Waals surface area (Å²) in [7, 11) is 2.24. The first-order valence-electron chi connectivity index (χ1n) is 7.59. The van der Waals surface area contributed by atoms with E-state index in [0.29, 0.717) is 6.04 Å². The second-order valence-corrected chi connectivity index (χ2v) is 7.30. The number of aromatic nitrogens is 1. The number of rotatable bonds is 4. The van der Waals surface area contributed by atoms with E-state index in [-0.39, 0.29) is 5.54 Å². The van der Waals surface area contributed by atoms with Gasteiger partial charge in [0, 0.05) is 17.5 Å². The third-order valence-corrected chi connectivity index (χ3v) is 6.00. The van der Waals surface area contributed by atoms with Crippen LogP contribution in [0.2, 0.25) is 0 Å². The first-order chi connectivity index (χ1) is 9.14. The van der Waals surface area contributed by atoms with Crippen molar-refractivity contribution in [2.75, 3.05) is 20.1 Å². The summed E-state index contributed by atoms with van der Waals surface area (Å²) in [6.07, 6.45) is 6.13. The van der Waals surface area contributed by atoms with Gasteiger partial charge in [-0.3, -0.25) is 0 Å². The van der Waals surface area contributed by atoms with Crippen molar-refractivity contribution in [3.63, 3.8) is 0 Å². The van der Waals surface area contributed by atoms with Crippen LogP contribution < -0.4 is 5.32 Å². The molecule has 1 saturated heterocycles. The van der Waals surface area contributed by atoms with Gasteiger partial charge in [0.25, 0.3) is 0 Å². The zero-order chi connectivity index (χ0) is 13.5. The molecular weight excluding hydrogens is 254 g/mol. The summed E-state index contributed by atoms with van der Waals surface area (Å²) in [6, 6.07) is 0.642. The Balaban J connectivity index is 1.90. The molecule has 0 bridgehead atoms. The summed E-state index contributed by atoms with van der Waals surface area (Å²) >= 11 is 1.97. The fraction of sp³-hybridized carbons (Fsp3) is 0.800. The molecule has 1 fully saturated rings. The lowest BCUT2D eigenvalue weighted by molar-refractivity contribution is 0.299. The van der Waals surface area contributed by atoms with Crippen molar-refractivity contribution in [3.8, 4) is 0 Å². The molecule has 0 radical (unpaired) electrons. The van der Waals surface area contributed by atoms with Gasteiger partial charge in [-0.25, -0.2) is 4.98 Å². The Hall–Kier alpha value is -0.450. The number of likely N-dealkylation sites (tertiary alicyclic amines) is 1. The predicted molar refractivity (Wildman–Crippen MR) is 80.8 cm³/mol. The summed E-state index contributed by atoms with van der Waals surface area (Å²) in [5.41, 5.74) is 1.50. The standard InChI is InChI=1S/C15H25N3S/c1-4-8-16-15(9-11(2)18(3)10-15)14-17-12-6-5-7-13(12)19-14/h11,16H,4-10H2,1-3H3. The molecule has 1 aromatic rings. The highest BCUT2D eigenvalue weighted by atomic mass is 32.1. The summed E-state index contributed by atoms with van der Waals surface area (Å²) in [5, 5.41) is 5.17. The van der Waals surface area contributed by atoms with Gasteiger partial charge in [0.1, 0.15) is 5.01 Å². The lowest BCUT2D eigenvalue weighted by atomic mass is 9.96. The second-order valence-electron chi connectivity index (χ2n) is 6.22. The van der Waals surface area contributed by atoms with Crippen LogP contribution in [0.5, 0.6) is 0 Å². The second kappa shape index (κ2) is 5.15. The summed E-state index contributed by atoms with van der Waals surface area (Å²) in [5.74, 6) is 0. The van der Waals surface area contributed by atoms with E-state index in [0.717, 1.165) is 13.1 Å². The maximum absolute atomic E-state index is 5.00. The summed E-state index contributed by atoms with van der Waals surface area (Å²) in [4.78, 5) is 9.01. The molecule has 2 unspecified atom stereocenters. The number of hydrogen-bond acceptors (Lipinski definition) is 4. The Morgan fingerprint density at radius 3 is 2.95 bits per heavy atom. The van der Waals surface area contributed by atoms with Crippen molar-refractivity contribution < 1.29 is 0 Å². The number of likely N-dealkylation sites (N-methyl/N-ethyl adjacent to an activating group) is 1. The number of nitrogens with one attached hydrogen (secondary N) is 1. The molecule has 3 rings (SSSR count). The molecule has 19 heavy (non-hydrogen) atoms. The van der Waals surface area contributed by atoms with Gasteiger partial charge in [0.05, 0.1) is 11.2 Å². The predicted octanol–water partition coefficient (Wildman–Crippen LogP) is 2.55. The van der Waals surface area contributed by atoms with Gasteiger partial charge in [0.2, 0.25) is 0 Å². The number of nitrogens with zero attached hydrogens (tertiary/aromatic N) is 2. The number of aryl methyl sites for hydroxylation is 2. The minimum Gasteiger partial charge on any atom is -0.304 e. The molecule has 2 aliphatic rings. The quantitative estimate of drug-likeness (QED) is 0.918. The molecule has 0 saturated carbocycles. The van der Waals surface area contributed by atoms with Crippen molar-refractivity contribution in [2.24, 2.45) is 0 Å². The zero-order valence-corrected chi connectivity index (χ0v) is 13.1. The van der Waals surface area contributed by atoms with Crippen LogP contribution in [0.25, 0.3) is 0 Å². The van der Waals surface area contributed by atoms with E-state index in [1.807, 2.05) is 11.3 Å². The minimum absolute atomic E-state index is 0.110. The Kier molecular flexibility index (Phi) is 3.67. The highest BCUT2D eigenvalue weighted by Crippen LogP contribution is 2.40. The van der Waals surface area contributed by atoms with E-state index < -0.39 is 0 Å². The molecule has 0 amide bonds. The smallest absolute Gasteiger partial charge is 0.115 e. The van der Waals surface area contributed by atoms with Crippen molar-refractivity contribution in [2.45, 2.75) is 57.5 Å². The molecule has 1 aromatic heterocycles. The van der Waals surface area contributed by atoms with Crippen LogP contribution in [0.3, 0.4) is 0 Å². The number of thiazole rings is 1. The van der Waals surface area contributed by atoms with Gasteiger partial charge in [-0.2, -0.15) is 0 Å². The lowest BCUT2D eigenvalue weighted by Crippen LogP contribution is -2.44. The molecular formula is C15H25N3S. The van der Waals surface area contributed by atoms with E-state index in [2.05, 4.69) is 31.1 Å². The summed E-state index contributed by atoms with van der Waals surface area (Å²) in [6.45, 7) is 6.76. The average molecular weight is 279 g/mol. The molecule has 0 spiro atoms. The number of fused-ring (bicyclic) bond motifs is 1. The normalized spacial score (nSPS) is 31.0. The lowest BCUT2D eigenvalue weighted by Gasteiger charge is -2.28. The van der Waals surface area contributed by atoms with Gasteiger partial charge in [-0.15, -0.1) is 11.3 Å². The maximum atomic E-state index is 5.00. The van der Waals surface area contributed by atoms with Gasteiger partial charge in [0.15, 0.2) is 0 Å². The van der Waals surface area contributed by atoms with Crippen molar-refractivity contribution in [3.05, 3.63) is 15.6 Å². The van der Waals surface area contributed by atoms with Crippen LogP contribution in [-0.2, 0) is 18.4 Å². The molecule has 106 valence electrons. The Morgan fingerprint density at radius 2 is 2.32 bits per heavy atom. The van der Waals surface area contributed by atoms with Crippen LogP contribution in [0.4, 0.5) is 0 Å². The highest BCUT2D eigenvalue weighted by molar-refractivity contribution is 7.12. The van der Waals surface area contributed by atoms with E-state index in [1.165, 1.54) is 42.8 Å². The van der Waals surface area contributed by atoms with Crippen LogP contribution in [-0.4, -0.2) is 36.1 Å². The molecule has 2 heterocycles. The molecule has 1 aliphatic carbocycles. The Labute approximate surface area is 120 Å². The molecule has 4 heteroatoms. The van der Waals surface area contributed by atoms with Gasteiger partial charge < -0.3 is 10.2 Å². The third kappa shape index (κ3) is 2.34. The van der Waals surface area contributed by atoms with E-state index in [4.69, 9.17) is 4.98 Å². The van der Waals surface area contributed by atoms with Crippen molar-refractivity contribution in [1.29, 1.82) is 0 Å². The topological polar surface area (TPSA) is 28.2 Å². The van der Waals surface area contributed by atoms with Crippen molar-refractivity contribution in [1.82, 2.24) is 15.2 Å². The van der Waals surface area contributed by atoms with Gasteiger partial charge in [-0.05, 0) is 52.6 Å². The fourth-order valence-electron chi connectivity index (χ4n) is 3.42. The SMILES string of the molecule is CCCNC1(c2nc3c(s2)CCC3)CC(C)N(C)C1. The van der Waals surface area contributed by atoms with E-state index >= 15 is 0 Å². The van der Waals surface area contributed by atoms with E-state index in [9.17, 15) is 0 Å². The van der Waals surface area contributed by atoms with Crippen LogP contribution in [0.1, 0.15) is 48.7 Å². The first kappa shape index (κ1) is 13.5. The molecule has 3 nitrogen and oxygen atoms in total. The summed E-state index contributed by atoms with van der Waals surface area (Å²) < 4.78 is 0. The third-order valence-electron chi connectivity index (χ3n) is 4.63. The molecule has 2 atom stereocenters. The number of hydrogen-bond donors (Lipinski definition) is 1. The monoisotopic (exact) mass is 279 g/mol. The Morgan fingerprint density at radius 1 is 1.47 bits per heavy atom. The first-order valence-corrected chi connectivity index (χ1v) is 8.40. The van der Waals surface area contributed by atoms with Crippen molar-refractivity contribution >= 4 is 11.3 Å². The van der Waals surface area contributed by atoms with Crippen LogP contribution >= 0.6 is 11.3 Å². The largest absolute Gasteiger partial charge is 0.304 e. The minimum atomic E-state index is 0.110. The van der Waals surface area contributed by atoms with Crippen LogP contribution in [0, 0.1) is 0 Å². The highest BCUT2D eigenvalue weighted by Gasteiger charge is 2.44. The molecule has 1 N–H and O–H groups in total. The average Bonchev–Trinajstić information content (AvgIpc) is 3.01. The van der Waals surface area contributed by atoms with Crippen LogP contribution in [0.15, 0.2) is 0 Å². The zero-order valence-electron chi connectivity index (χ0n) is 12.3.